The van der Waals surface area contributed by atoms with E-state index in [0.29, 0.717) is 0 Å². The van der Waals surface area contributed by atoms with Crippen molar-refractivity contribution < 1.29 is 0 Å². The third-order valence-electron chi connectivity index (χ3n) is 1.55. The molecule has 0 heterocycles. The maximum atomic E-state index is 3.68. The summed E-state index contributed by atoms with van der Waals surface area (Å²) in [5.41, 5.74) is 1.40. The Morgan fingerprint density at radius 2 is 1.90 bits per heavy atom. The van der Waals surface area contributed by atoms with Gasteiger partial charge < -0.3 is 0 Å². The fourth-order valence-corrected chi connectivity index (χ4v) is 2.86. The molecule has 0 amide bonds. The van der Waals surface area contributed by atoms with E-state index in [2.05, 4.69) is 47.5 Å². The number of aryl methyl sites for hydroxylation is 1. The zero-order valence-electron chi connectivity index (χ0n) is 6.31. The molecule has 0 N–H and O–H groups in total. The summed E-state index contributed by atoms with van der Waals surface area (Å²) in [5.74, 6) is 0. The minimum atomic E-state index is -0.437. The summed E-state index contributed by atoms with van der Waals surface area (Å²) in [7, 11) is 3.25. The Labute approximate surface area is 67.1 Å². The number of rotatable bonds is 1. The minimum absolute atomic E-state index is 0.437. The van der Waals surface area contributed by atoms with E-state index in [0.717, 1.165) is 0 Å². The van der Waals surface area contributed by atoms with Gasteiger partial charge in [0.2, 0.25) is 0 Å². The van der Waals surface area contributed by atoms with Gasteiger partial charge in [-0.3, -0.25) is 0 Å². The average molecular weight is 162 g/mol. The topological polar surface area (TPSA) is 0 Å². The molecule has 1 aromatic carbocycles. The van der Waals surface area contributed by atoms with E-state index in [-0.39, 0.29) is 0 Å². The van der Waals surface area contributed by atoms with Crippen molar-refractivity contribution in [3.63, 3.8) is 0 Å². The quantitative estimate of drug-likeness (QED) is 0.540. The van der Waals surface area contributed by atoms with Gasteiger partial charge in [0.25, 0.3) is 0 Å². The van der Waals surface area contributed by atoms with Gasteiger partial charge >= 0.3 is 0 Å². The smallest absolute Gasteiger partial charge is 0.0647 e. The molecule has 0 unspecified atom stereocenters. The molecule has 0 nitrogen and oxygen atoms in total. The summed E-state index contributed by atoms with van der Waals surface area (Å²) in [6.07, 6.45) is 0. The van der Waals surface area contributed by atoms with Crippen LogP contribution in [0.2, 0.25) is 6.55 Å². The normalized spacial score (nSPS) is 10.4. The fourth-order valence-electron chi connectivity index (χ4n) is 0.994. The Morgan fingerprint density at radius 3 is 2.30 bits per heavy atom. The van der Waals surface area contributed by atoms with E-state index >= 15 is 0 Å². The first-order valence-electron chi connectivity index (χ1n) is 3.33. The van der Waals surface area contributed by atoms with Crippen molar-refractivity contribution >= 4 is 23.3 Å². The van der Waals surface area contributed by atoms with Crippen LogP contribution >= 0.6 is 0 Å². The molecule has 1 rings (SSSR count). The van der Waals surface area contributed by atoms with E-state index < -0.39 is 8.31 Å². The van der Waals surface area contributed by atoms with Gasteiger partial charge in [-0.05, 0) is 6.92 Å². The molecule has 1 aromatic rings. The van der Waals surface area contributed by atoms with Gasteiger partial charge in [-0.15, -0.1) is 0 Å². The van der Waals surface area contributed by atoms with Crippen molar-refractivity contribution in [2.75, 3.05) is 0 Å². The monoisotopic (exact) mass is 162 g/mol. The fraction of sp³-hybridized carbons (Fsp3) is 0.250. The molecule has 50 valence electrons. The van der Waals surface area contributed by atoms with Crippen LogP contribution in [-0.2, 0) is 0 Å². The van der Waals surface area contributed by atoms with E-state index in [4.69, 9.17) is 0 Å². The molecule has 0 aromatic heterocycles. The summed E-state index contributed by atoms with van der Waals surface area (Å²) >= 11 is 0. The molecule has 0 aliphatic carbocycles. The summed E-state index contributed by atoms with van der Waals surface area (Å²) in [6.45, 7) is 4.40. The minimum Gasteiger partial charge on any atom is -0.0696 e. The average Bonchev–Trinajstić information content (AvgIpc) is 1.88. The highest BCUT2D eigenvalue weighted by atomic mass is 29.1. The summed E-state index contributed by atoms with van der Waals surface area (Å²) < 4.78 is 0. The van der Waals surface area contributed by atoms with Crippen LogP contribution in [0.15, 0.2) is 24.3 Å². The van der Waals surface area contributed by atoms with Crippen LogP contribution in [0.25, 0.3) is 0 Å². The predicted molar refractivity (Wildman–Crippen MR) is 48.2 cm³/mol. The van der Waals surface area contributed by atoms with E-state index in [1.807, 2.05) is 0 Å². The Balaban J connectivity index is 3.03. The predicted octanol–water partition coefficient (Wildman–Crippen LogP) is 0.992. The molecule has 0 atom stereocenters. The van der Waals surface area contributed by atoms with Gasteiger partial charge in [0.15, 0.2) is 0 Å². The van der Waals surface area contributed by atoms with E-state index in [9.17, 15) is 0 Å². The third-order valence-corrected chi connectivity index (χ3v) is 3.73. The van der Waals surface area contributed by atoms with Crippen molar-refractivity contribution in [3.05, 3.63) is 29.8 Å². The second kappa shape index (κ2) is 3.17. The Kier molecular flexibility index (Phi) is 2.46. The molecule has 2 heteroatoms. The van der Waals surface area contributed by atoms with Crippen LogP contribution < -0.4 is 5.19 Å². The zero-order chi connectivity index (χ0) is 7.56. The van der Waals surface area contributed by atoms with Gasteiger partial charge in [-0.2, -0.15) is 0 Å². The van der Waals surface area contributed by atoms with Crippen LogP contribution in [0.4, 0.5) is 0 Å². The Hall–Kier alpha value is -0.346. The van der Waals surface area contributed by atoms with Crippen LogP contribution in [0, 0.1) is 6.92 Å². The summed E-state index contributed by atoms with van der Waals surface area (Å²) in [4.78, 5) is 0. The SMILES string of the molecule is Cc1ccccc1[Si](C)[Si]. The molecular weight excluding hydrogens is 152 g/mol. The lowest BCUT2D eigenvalue weighted by Gasteiger charge is -2.05. The first kappa shape index (κ1) is 7.76. The molecule has 0 fully saturated rings. The van der Waals surface area contributed by atoms with Crippen LogP contribution in [0.5, 0.6) is 0 Å². The maximum absolute atomic E-state index is 3.68. The lowest BCUT2D eigenvalue weighted by Crippen LogP contribution is -2.29. The van der Waals surface area contributed by atoms with Crippen molar-refractivity contribution in [1.29, 1.82) is 0 Å². The van der Waals surface area contributed by atoms with Gasteiger partial charge in [-0.25, -0.2) is 0 Å². The molecule has 0 saturated heterocycles. The van der Waals surface area contributed by atoms with Gasteiger partial charge in [0.1, 0.15) is 0 Å². The maximum Gasteiger partial charge on any atom is 0.0647 e. The highest BCUT2D eigenvalue weighted by Gasteiger charge is 2.01. The second-order valence-corrected chi connectivity index (χ2v) is 6.48. The molecule has 4 radical (unpaired) electrons. The van der Waals surface area contributed by atoms with Crippen molar-refractivity contribution in [2.45, 2.75) is 13.5 Å². The molecule has 0 aliphatic rings. The van der Waals surface area contributed by atoms with E-state index in [1.165, 1.54) is 10.8 Å². The Morgan fingerprint density at radius 1 is 1.30 bits per heavy atom. The van der Waals surface area contributed by atoms with Gasteiger partial charge in [0, 0.05) is 9.76 Å². The van der Waals surface area contributed by atoms with Crippen molar-refractivity contribution in [1.82, 2.24) is 0 Å². The number of benzene rings is 1. The lowest BCUT2D eigenvalue weighted by atomic mass is 10.2. The first-order chi connectivity index (χ1) is 4.72. The molecule has 10 heavy (non-hydrogen) atoms. The highest BCUT2D eigenvalue weighted by Crippen LogP contribution is 1.93. The lowest BCUT2D eigenvalue weighted by molar-refractivity contribution is 1.51. The van der Waals surface area contributed by atoms with Gasteiger partial charge in [-0.1, -0.05) is 41.6 Å². The molecule has 0 saturated carbocycles. The Bertz CT molecular complexity index is 218. The number of hydrogen-bond acceptors (Lipinski definition) is 0. The summed E-state index contributed by atoms with van der Waals surface area (Å²) in [5, 5.41) is 1.48. The molecule has 0 aliphatic heterocycles. The second-order valence-electron chi connectivity index (χ2n) is 2.44. The van der Waals surface area contributed by atoms with Crippen LogP contribution in [0.1, 0.15) is 5.56 Å². The highest BCUT2D eigenvalue weighted by molar-refractivity contribution is 7.10. The van der Waals surface area contributed by atoms with Crippen molar-refractivity contribution in [3.8, 4) is 0 Å². The zero-order valence-corrected chi connectivity index (χ0v) is 8.31. The first-order valence-corrected chi connectivity index (χ1v) is 6.83. The molecule has 0 spiro atoms. The number of hydrogen-bond donors (Lipinski definition) is 0. The van der Waals surface area contributed by atoms with Gasteiger partial charge in [0.05, 0.1) is 8.31 Å². The molecular formula is C8H10Si2. The molecule has 0 bridgehead atoms. The van der Waals surface area contributed by atoms with Crippen molar-refractivity contribution in [2.24, 2.45) is 0 Å². The third kappa shape index (κ3) is 1.58. The van der Waals surface area contributed by atoms with Crippen LogP contribution in [-0.4, -0.2) is 18.1 Å². The van der Waals surface area contributed by atoms with E-state index in [1.54, 1.807) is 0 Å². The standard InChI is InChI=1S/C8H10Si2/c1-7-5-3-4-6-8(7)10(2)9/h3-6H,1-2H3. The largest absolute Gasteiger partial charge is 0.0696 e. The van der Waals surface area contributed by atoms with Crippen LogP contribution in [0.3, 0.4) is 0 Å². The summed E-state index contributed by atoms with van der Waals surface area (Å²) in [6, 6.07) is 8.52.